The second-order valence-corrected chi connectivity index (χ2v) is 2.73. The van der Waals surface area contributed by atoms with Gasteiger partial charge in [-0.3, -0.25) is 0 Å². The second kappa shape index (κ2) is 2.55. The van der Waals surface area contributed by atoms with Crippen molar-refractivity contribution in [3.8, 4) is 0 Å². The lowest BCUT2D eigenvalue weighted by molar-refractivity contribution is 0.134. The molecule has 0 atom stereocenters. The maximum Gasteiger partial charge on any atom is 0.0725 e. The summed E-state index contributed by atoms with van der Waals surface area (Å²) in [7, 11) is 1.93. The van der Waals surface area contributed by atoms with Gasteiger partial charge in [0.05, 0.1) is 13.2 Å². The van der Waals surface area contributed by atoms with Crippen LogP contribution in [0.2, 0.25) is 0 Å². The van der Waals surface area contributed by atoms with Crippen LogP contribution in [0.25, 0.3) is 0 Å². The minimum absolute atomic E-state index is 0.769. The zero-order valence-electron chi connectivity index (χ0n) is 6.55. The Hall–Kier alpha value is -1.02. The van der Waals surface area contributed by atoms with Crippen molar-refractivity contribution >= 4 is 5.69 Å². The molecule has 0 fully saturated rings. The zero-order chi connectivity index (χ0) is 7.68. The Morgan fingerprint density at radius 3 is 2.91 bits per heavy atom. The van der Waals surface area contributed by atoms with Gasteiger partial charge in [0.1, 0.15) is 0 Å². The van der Waals surface area contributed by atoms with Crippen molar-refractivity contribution in [1.82, 2.24) is 0 Å². The number of hydrogen-bond donors (Lipinski definition) is 1. The molecule has 1 heterocycles. The Morgan fingerprint density at radius 1 is 1.27 bits per heavy atom. The molecule has 0 spiro atoms. The quantitative estimate of drug-likeness (QED) is 0.657. The second-order valence-electron chi connectivity index (χ2n) is 2.73. The lowest BCUT2D eigenvalue weighted by atomic mass is 10.1. The first kappa shape index (κ1) is 6.68. The van der Waals surface area contributed by atoms with E-state index >= 15 is 0 Å². The first-order valence-corrected chi connectivity index (χ1v) is 3.77. The van der Waals surface area contributed by atoms with Crippen LogP contribution in [-0.4, -0.2) is 7.05 Å². The molecule has 0 bridgehead atoms. The number of nitrogens with one attached hydrogen (secondary N) is 1. The van der Waals surface area contributed by atoms with Crippen LogP contribution in [0.5, 0.6) is 0 Å². The van der Waals surface area contributed by atoms with Crippen LogP contribution in [0.1, 0.15) is 11.1 Å². The number of hydrogen-bond acceptors (Lipinski definition) is 2. The fourth-order valence-corrected chi connectivity index (χ4v) is 1.33. The number of fused-ring (bicyclic) bond motifs is 1. The highest BCUT2D eigenvalue weighted by molar-refractivity contribution is 5.48. The van der Waals surface area contributed by atoms with Gasteiger partial charge in [0.25, 0.3) is 0 Å². The van der Waals surface area contributed by atoms with Gasteiger partial charge >= 0.3 is 0 Å². The molecule has 2 rings (SSSR count). The third kappa shape index (κ3) is 1.10. The largest absolute Gasteiger partial charge is 0.388 e. The number of anilines is 1. The highest BCUT2D eigenvalue weighted by Gasteiger charge is 2.09. The average molecular weight is 149 g/mol. The van der Waals surface area contributed by atoms with Gasteiger partial charge < -0.3 is 10.1 Å². The standard InChI is InChI=1S/C9H11NO/c1-10-9-3-2-7-5-11-6-8(7)4-9/h2-4,10H,5-6H2,1H3. The molecule has 0 aromatic heterocycles. The lowest BCUT2D eigenvalue weighted by Crippen LogP contribution is -1.89. The Bertz CT molecular complexity index is 270. The Labute approximate surface area is 66.2 Å². The molecule has 1 aliphatic heterocycles. The monoisotopic (exact) mass is 149 g/mol. The van der Waals surface area contributed by atoms with Gasteiger partial charge in [-0.15, -0.1) is 0 Å². The van der Waals surface area contributed by atoms with E-state index in [4.69, 9.17) is 4.74 Å². The average Bonchev–Trinajstić information content (AvgIpc) is 2.50. The Balaban J connectivity index is 2.41. The van der Waals surface area contributed by atoms with Crippen LogP contribution in [-0.2, 0) is 18.0 Å². The van der Waals surface area contributed by atoms with Crippen molar-refractivity contribution in [2.45, 2.75) is 13.2 Å². The first-order chi connectivity index (χ1) is 5.40. The van der Waals surface area contributed by atoms with E-state index in [0.29, 0.717) is 0 Å². The number of benzene rings is 1. The predicted molar refractivity (Wildman–Crippen MR) is 44.5 cm³/mol. The lowest BCUT2D eigenvalue weighted by Gasteiger charge is -2.01. The summed E-state index contributed by atoms with van der Waals surface area (Å²) in [5, 5.41) is 3.10. The minimum Gasteiger partial charge on any atom is -0.388 e. The molecule has 1 N–H and O–H groups in total. The van der Waals surface area contributed by atoms with Crippen molar-refractivity contribution in [3.63, 3.8) is 0 Å². The van der Waals surface area contributed by atoms with Gasteiger partial charge in [0, 0.05) is 12.7 Å². The minimum atomic E-state index is 0.769. The molecule has 1 aromatic rings. The molecule has 1 aliphatic rings. The summed E-state index contributed by atoms with van der Waals surface area (Å²) in [6, 6.07) is 6.34. The summed E-state index contributed by atoms with van der Waals surface area (Å²) < 4.78 is 5.29. The fourth-order valence-electron chi connectivity index (χ4n) is 1.33. The van der Waals surface area contributed by atoms with Crippen LogP contribution in [0.3, 0.4) is 0 Å². The van der Waals surface area contributed by atoms with Crippen LogP contribution < -0.4 is 5.32 Å². The summed E-state index contributed by atoms with van der Waals surface area (Å²) in [6.07, 6.45) is 0. The van der Waals surface area contributed by atoms with Crippen LogP contribution in [0, 0.1) is 0 Å². The molecule has 2 nitrogen and oxygen atoms in total. The van der Waals surface area contributed by atoms with Gasteiger partial charge in [-0.05, 0) is 23.3 Å². The topological polar surface area (TPSA) is 21.3 Å². The third-order valence-corrected chi connectivity index (χ3v) is 2.01. The van der Waals surface area contributed by atoms with E-state index in [9.17, 15) is 0 Å². The molecule has 0 aliphatic carbocycles. The maximum absolute atomic E-state index is 5.29. The van der Waals surface area contributed by atoms with E-state index in [1.54, 1.807) is 0 Å². The summed E-state index contributed by atoms with van der Waals surface area (Å²) in [6.45, 7) is 1.55. The van der Waals surface area contributed by atoms with E-state index in [2.05, 4.69) is 23.5 Å². The van der Waals surface area contributed by atoms with Gasteiger partial charge in [-0.25, -0.2) is 0 Å². The van der Waals surface area contributed by atoms with Gasteiger partial charge in [0.15, 0.2) is 0 Å². The third-order valence-electron chi connectivity index (χ3n) is 2.01. The van der Waals surface area contributed by atoms with E-state index < -0.39 is 0 Å². The number of ether oxygens (including phenoxy) is 1. The van der Waals surface area contributed by atoms with Crippen LogP contribution in [0.4, 0.5) is 5.69 Å². The first-order valence-electron chi connectivity index (χ1n) is 3.77. The molecule has 58 valence electrons. The molecule has 2 heteroatoms. The van der Waals surface area contributed by atoms with Gasteiger partial charge in [-0.1, -0.05) is 6.07 Å². The molecule has 11 heavy (non-hydrogen) atoms. The van der Waals surface area contributed by atoms with E-state index in [-0.39, 0.29) is 0 Å². The Kier molecular flexibility index (Phi) is 1.55. The van der Waals surface area contributed by atoms with Crippen LogP contribution in [0.15, 0.2) is 18.2 Å². The number of rotatable bonds is 1. The van der Waals surface area contributed by atoms with Crippen molar-refractivity contribution < 1.29 is 4.74 Å². The molecule has 0 radical (unpaired) electrons. The summed E-state index contributed by atoms with van der Waals surface area (Å²) in [5.41, 5.74) is 3.80. The predicted octanol–water partition coefficient (Wildman–Crippen LogP) is 1.76. The van der Waals surface area contributed by atoms with Crippen molar-refractivity contribution in [3.05, 3.63) is 29.3 Å². The molecule has 0 amide bonds. The molecule has 0 saturated carbocycles. The van der Waals surface area contributed by atoms with E-state index in [1.807, 2.05) is 7.05 Å². The van der Waals surface area contributed by atoms with Gasteiger partial charge in [-0.2, -0.15) is 0 Å². The summed E-state index contributed by atoms with van der Waals surface area (Å²) in [5.74, 6) is 0. The molecular formula is C9H11NO. The fraction of sp³-hybridized carbons (Fsp3) is 0.333. The summed E-state index contributed by atoms with van der Waals surface area (Å²) in [4.78, 5) is 0. The van der Waals surface area contributed by atoms with Crippen molar-refractivity contribution in [2.24, 2.45) is 0 Å². The van der Waals surface area contributed by atoms with E-state index in [0.717, 1.165) is 18.9 Å². The maximum atomic E-state index is 5.29. The van der Waals surface area contributed by atoms with Crippen molar-refractivity contribution in [1.29, 1.82) is 0 Å². The Morgan fingerprint density at radius 2 is 2.09 bits per heavy atom. The summed E-state index contributed by atoms with van der Waals surface area (Å²) >= 11 is 0. The molecular weight excluding hydrogens is 138 g/mol. The molecule has 0 unspecified atom stereocenters. The van der Waals surface area contributed by atoms with E-state index in [1.165, 1.54) is 11.1 Å². The van der Waals surface area contributed by atoms with Crippen LogP contribution >= 0.6 is 0 Å². The van der Waals surface area contributed by atoms with Gasteiger partial charge in [0.2, 0.25) is 0 Å². The highest BCUT2D eigenvalue weighted by Crippen LogP contribution is 2.22. The highest BCUT2D eigenvalue weighted by atomic mass is 16.5. The zero-order valence-corrected chi connectivity index (χ0v) is 6.55. The molecule has 1 aromatic carbocycles. The van der Waals surface area contributed by atoms with Crippen molar-refractivity contribution in [2.75, 3.05) is 12.4 Å². The SMILES string of the molecule is CNc1ccc2c(c1)COC2. The normalized spacial score (nSPS) is 14.6. The smallest absolute Gasteiger partial charge is 0.0725 e. The molecule has 0 saturated heterocycles.